The molecule has 104 valence electrons. The Kier molecular flexibility index (Phi) is 4.57. The first kappa shape index (κ1) is 14.7. The molecule has 0 spiro atoms. The molecule has 0 unspecified atom stereocenters. The number of esters is 1. The predicted octanol–water partition coefficient (Wildman–Crippen LogP) is 3.58. The molecule has 0 radical (unpaired) electrons. The predicted molar refractivity (Wildman–Crippen MR) is 76.9 cm³/mol. The fraction of sp³-hybridized carbons (Fsp3) is 0.0769. The van der Waals surface area contributed by atoms with Crippen LogP contribution in [0.2, 0.25) is 5.02 Å². The molecule has 0 aliphatic rings. The van der Waals surface area contributed by atoms with Crippen molar-refractivity contribution in [1.82, 2.24) is 4.98 Å². The summed E-state index contributed by atoms with van der Waals surface area (Å²) >= 11 is 8.99. The van der Waals surface area contributed by atoms with Gasteiger partial charge in [-0.15, -0.1) is 0 Å². The van der Waals surface area contributed by atoms with Crippen LogP contribution in [0.5, 0.6) is 0 Å². The number of halogens is 3. The van der Waals surface area contributed by atoms with Gasteiger partial charge in [0.25, 0.3) is 0 Å². The third kappa shape index (κ3) is 3.26. The zero-order chi connectivity index (χ0) is 14.7. The minimum absolute atomic E-state index is 0.0100. The van der Waals surface area contributed by atoms with E-state index in [0.29, 0.717) is 10.6 Å². The van der Waals surface area contributed by atoms with E-state index in [1.807, 2.05) is 0 Å². The summed E-state index contributed by atoms with van der Waals surface area (Å²) in [6, 6.07) is 3.98. The number of carbonyl (C=O) groups is 1. The Morgan fingerprint density at radius 3 is 2.95 bits per heavy atom. The molecule has 1 aromatic carbocycles. The lowest BCUT2D eigenvalue weighted by Crippen LogP contribution is -2.08. The smallest absolute Gasteiger partial charge is 0.339 e. The van der Waals surface area contributed by atoms with Crippen LogP contribution in [0.3, 0.4) is 0 Å². The first-order valence-electron chi connectivity index (χ1n) is 5.49. The summed E-state index contributed by atoms with van der Waals surface area (Å²) in [7, 11) is 0. The largest absolute Gasteiger partial charge is 0.457 e. The molecule has 1 heterocycles. The lowest BCUT2D eigenvalue weighted by Gasteiger charge is -2.08. The van der Waals surface area contributed by atoms with Gasteiger partial charge in [-0.2, -0.15) is 0 Å². The number of carbonyl (C=O) groups excluding carboxylic acids is 1. The topological polar surface area (TPSA) is 65.2 Å². The lowest BCUT2D eigenvalue weighted by molar-refractivity contribution is 0.0471. The molecular weight excluding hydrogens is 351 g/mol. The molecule has 0 atom stereocenters. The van der Waals surface area contributed by atoms with Gasteiger partial charge in [-0.3, -0.25) is 4.98 Å². The van der Waals surface area contributed by atoms with Gasteiger partial charge in [-0.25, -0.2) is 9.18 Å². The SMILES string of the molecule is Nc1cc(C(=O)OCc2ccncc2Cl)c(Br)cc1F. The van der Waals surface area contributed by atoms with Crippen LogP contribution in [0.4, 0.5) is 10.1 Å². The maximum absolute atomic E-state index is 13.2. The van der Waals surface area contributed by atoms with E-state index in [1.165, 1.54) is 12.3 Å². The second-order valence-corrected chi connectivity index (χ2v) is 5.16. The van der Waals surface area contributed by atoms with Gasteiger partial charge in [0, 0.05) is 22.4 Å². The summed E-state index contributed by atoms with van der Waals surface area (Å²) in [6.45, 7) is -0.0100. The average molecular weight is 360 g/mol. The summed E-state index contributed by atoms with van der Waals surface area (Å²) < 4.78 is 18.6. The molecule has 7 heteroatoms. The molecular formula is C13H9BrClFN2O2. The van der Waals surface area contributed by atoms with Gasteiger partial charge < -0.3 is 10.5 Å². The molecule has 2 rings (SSSR count). The molecule has 0 amide bonds. The van der Waals surface area contributed by atoms with Crippen molar-refractivity contribution in [3.63, 3.8) is 0 Å². The Morgan fingerprint density at radius 1 is 1.50 bits per heavy atom. The molecule has 0 saturated heterocycles. The van der Waals surface area contributed by atoms with E-state index < -0.39 is 11.8 Å². The van der Waals surface area contributed by atoms with Crippen molar-refractivity contribution >= 4 is 39.2 Å². The number of ether oxygens (including phenoxy) is 1. The van der Waals surface area contributed by atoms with Gasteiger partial charge in [-0.05, 0) is 34.1 Å². The average Bonchev–Trinajstić information content (AvgIpc) is 2.41. The highest BCUT2D eigenvalue weighted by atomic mass is 79.9. The van der Waals surface area contributed by atoms with E-state index in [9.17, 15) is 9.18 Å². The number of anilines is 1. The van der Waals surface area contributed by atoms with Gasteiger partial charge in [0.2, 0.25) is 0 Å². The summed E-state index contributed by atoms with van der Waals surface area (Å²) in [4.78, 5) is 15.8. The molecule has 2 aromatic rings. The number of nitrogen functional groups attached to an aromatic ring is 1. The number of hydrogen-bond acceptors (Lipinski definition) is 4. The van der Waals surface area contributed by atoms with Gasteiger partial charge in [-0.1, -0.05) is 11.6 Å². The highest BCUT2D eigenvalue weighted by Crippen LogP contribution is 2.24. The number of nitrogens with zero attached hydrogens (tertiary/aromatic N) is 1. The van der Waals surface area contributed by atoms with Crippen molar-refractivity contribution < 1.29 is 13.9 Å². The monoisotopic (exact) mass is 358 g/mol. The highest BCUT2D eigenvalue weighted by Gasteiger charge is 2.15. The van der Waals surface area contributed by atoms with E-state index >= 15 is 0 Å². The number of aromatic nitrogens is 1. The van der Waals surface area contributed by atoms with Crippen LogP contribution in [0.1, 0.15) is 15.9 Å². The standard InChI is InChI=1S/C13H9BrClFN2O2/c14-9-4-11(16)12(17)3-8(9)13(19)20-6-7-1-2-18-5-10(7)15/h1-5H,6,17H2. The second-order valence-electron chi connectivity index (χ2n) is 3.90. The van der Waals surface area contributed by atoms with Crippen LogP contribution in [0.25, 0.3) is 0 Å². The highest BCUT2D eigenvalue weighted by molar-refractivity contribution is 9.10. The van der Waals surface area contributed by atoms with Crippen molar-refractivity contribution in [1.29, 1.82) is 0 Å². The third-order valence-electron chi connectivity index (χ3n) is 2.52. The van der Waals surface area contributed by atoms with Crippen molar-refractivity contribution in [2.45, 2.75) is 6.61 Å². The summed E-state index contributed by atoms with van der Waals surface area (Å²) in [5, 5.41) is 0.401. The van der Waals surface area contributed by atoms with Crippen molar-refractivity contribution in [3.8, 4) is 0 Å². The Balaban J connectivity index is 2.13. The lowest BCUT2D eigenvalue weighted by atomic mass is 10.2. The molecule has 1 aromatic heterocycles. The van der Waals surface area contributed by atoms with Crippen LogP contribution in [-0.2, 0) is 11.3 Å². The minimum Gasteiger partial charge on any atom is -0.457 e. The van der Waals surface area contributed by atoms with E-state index in [-0.39, 0.29) is 22.3 Å². The van der Waals surface area contributed by atoms with Gasteiger partial charge >= 0.3 is 5.97 Å². The van der Waals surface area contributed by atoms with Crippen LogP contribution in [0.15, 0.2) is 35.1 Å². The molecule has 0 aliphatic heterocycles. The number of benzene rings is 1. The number of hydrogen-bond donors (Lipinski definition) is 1. The Morgan fingerprint density at radius 2 is 2.25 bits per heavy atom. The number of rotatable bonds is 3. The van der Waals surface area contributed by atoms with Crippen molar-refractivity contribution in [2.75, 3.05) is 5.73 Å². The third-order valence-corrected chi connectivity index (χ3v) is 3.52. The molecule has 0 aliphatic carbocycles. The first-order chi connectivity index (χ1) is 9.49. The summed E-state index contributed by atoms with van der Waals surface area (Å²) in [5.41, 5.74) is 6.08. The van der Waals surface area contributed by atoms with Crippen LogP contribution >= 0.6 is 27.5 Å². The van der Waals surface area contributed by atoms with E-state index in [4.69, 9.17) is 22.1 Å². The molecule has 0 saturated carbocycles. The summed E-state index contributed by atoms with van der Waals surface area (Å²) in [6.07, 6.45) is 3.00. The Labute approximate surface area is 127 Å². The molecule has 0 bridgehead atoms. The van der Waals surface area contributed by atoms with Gasteiger partial charge in [0.15, 0.2) is 0 Å². The second kappa shape index (κ2) is 6.19. The molecule has 20 heavy (non-hydrogen) atoms. The molecule has 4 nitrogen and oxygen atoms in total. The van der Waals surface area contributed by atoms with E-state index in [2.05, 4.69) is 20.9 Å². The summed E-state index contributed by atoms with van der Waals surface area (Å²) in [5.74, 6) is -1.23. The Hall–Kier alpha value is -1.66. The van der Waals surface area contributed by atoms with Crippen molar-refractivity contribution in [2.24, 2.45) is 0 Å². The normalized spacial score (nSPS) is 10.3. The van der Waals surface area contributed by atoms with Crippen LogP contribution in [0, 0.1) is 5.82 Å². The van der Waals surface area contributed by atoms with E-state index in [1.54, 1.807) is 12.3 Å². The maximum atomic E-state index is 13.2. The van der Waals surface area contributed by atoms with Crippen molar-refractivity contribution in [3.05, 3.63) is 57.0 Å². The fourth-order valence-corrected chi connectivity index (χ4v) is 2.12. The first-order valence-corrected chi connectivity index (χ1v) is 6.66. The zero-order valence-electron chi connectivity index (χ0n) is 10.1. The van der Waals surface area contributed by atoms with E-state index in [0.717, 1.165) is 6.07 Å². The van der Waals surface area contributed by atoms with Gasteiger partial charge in [0.1, 0.15) is 12.4 Å². The quantitative estimate of drug-likeness (QED) is 0.672. The van der Waals surface area contributed by atoms with Crippen LogP contribution in [-0.4, -0.2) is 11.0 Å². The van der Waals surface area contributed by atoms with Gasteiger partial charge in [0.05, 0.1) is 16.3 Å². The molecule has 2 N–H and O–H groups in total. The van der Waals surface area contributed by atoms with Crippen LogP contribution < -0.4 is 5.73 Å². The fourth-order valence-electron chi connectivity index (χ4n) is 1.46. The maximum Gasteiger partial charge on any atom is 0.339 e. The Bertz CT molecular complexity index is 667. The number of nitrogens with two attached hydrogens (primary N) is 1. The zero-order valence-corrected chi connectivity index (χ0v) is 12.4. The minimum atomic E-state index is -0.628. The number of pyridine rings is 1. The molecule has 0 fully saturated rings.